The molecule has 1 N–H and O–H groups in total. The van der Waals surface area contributed by atoms with E-state index in [1.54, 1.807) is 13.2 Å². The summed E-state index contributed by atoms with van der Waals surface area (Å²) in [5, 5.41) is 12.3. The third kappa shape index (κ3) is 4.40. The van der Waals surface area contributed by atoms with E-state index in [1.165, 1.54) is 0 Å². The zero-order chi connectivity index (χ0) is 15.1. The van der Waals surface area contributed by atoms with Gasteiger partial charge >= 0.3 is 0 Å². The van der Waals surface area contributed by atoms with E-state index in [0.717, 1.165) is 21.7 Å². The van der Waals surface area contributed by atoms with Crippen molar-refractivity contribution in [2.45, 2.75) is 0 Å². The van der Waals surface area contributed by atoms with E-state index < -0.39 is 0 Å². The number of nitriles is 1. The average molecular weight is 347 g/mol. The van der Waals surface area contributed by atoms with Gasteiger partial charge in [-0.05, 0) is 42.5 Å². The summed E-state index contributed by atoms with van der Waals surface area (Å²) in [6, 6.07) is 15.1. The van der Waals surface area contributed by atoms with Crippen molar-refractivity contribution in [1.82, 2.24) is 0 Å². The number of anilines is 1. The van der Waals surface area contributed by atoms with E-state index in [1.807, 2.05) is 36.4 Å². The van der Waals surface area contributed by atoms with Crippen molar-refractivity contribution >= 4 is 21.6 Å². The molecule has 21 heavy (non-hydrogen) atoms. The van der Waals surface area contributed by atoms with Crippen LogP contribution >= 0.6 is 15.9 Å². The monoisotopic (exact) mass is 346 g/mol. The minimum Gasteiger partial charge on any atom is -0.497 e. The van der Waals surface area contributed by atoms with Crippen molar-refractivity contribution < 1.29 is 9.47 Å². The zero-order valence-electron chi connectivity index (χ0n) is 11.6. The maximum Gasteiger partial charge on any atom is 0.119 e. The minimum absolute atomic E-state index is 0.507. The average Bonchev–Trinajstić information content (AvgIpc) is 2.53. The highest BCUT2D eigenvalue weighted by atomic mass is 79.9. The van der Waals surface area contributed by atoms with Gasteiger partial charge in [-0.15, -0.1) is 0 Å². The van der Waals surface area contributed by atoms with Gasteiger partial charge in [0.05, 0.1) is 18.4 Å². The van der Waals surface area contributed by atoms with Gasteiger partial charge < -0.3 is 14.8 Å². The molecule has 0 aliphatic heterocycles. The molecule has 0 spiro atoms. The van der Waals surface area contributed by atoms with E-state index in [4.69, 9.17) is 14.7 Å². The molecular weight excluding hydrogens is 332 g/mol. The van der Waals surface area contributed by atoms with E-state index >= 15 is 0 Å². The second kappa shape index (κ2) is 7.55. The number of ether oxygens (including phenoxy) is 2. The molecule has 0 saturated carbocycles. The van der Waals surface area contributed by atoms with E-state index in [2.05, 4.69) is 27.3 Å². The molecule has 5 heteroatoms. The van der Waals surface area contributed by atoms with Crippen molar-refractivity contribution in [3.8, 4) is 17.6 Å². The highest BCUT2D eigenvalue weighted by molar-refractivity contribution is 9.10. The molecule has 2 aromatic rings. The summed E-state index contributed by atoms with van der Waals surface area (Å²) >= 11 is 3.35. The van der Waals surface area contributed by atoms with Crippen LogP contribution in [0.25, 0.3) is 0 Å². The molecule has 0 radical (unpaired) electrons. The molecule has 0 bridgehead atoms. The second-order valence-electron chi connectivity index (χ2n) is 4.25. The van der Waals surface area contributed by atoms with Gasteiger partial charge in [0, 0.05) is 11.0 Å². The topological polar surface area (TPSA) is 54.3 Å². The zero-order valence-corrected chi connectivity index (χ0v) is 13.2. The highest BCUT2D eigenvalue weighted by Gasteiger charge is 2.02. The van der Waals surface area contributed by atoms with E-state index in [0.29, 0.717) is 18.7 Å². The molecule has 4 nitrogen and oxygen atoms in total. The standard InChI is InChI=1S/C16H15BrN2O2/c1-20-14-3-5-15(6-4-14)21-9-8-19-16-7-2-13(17)10-12(16)11-18/h2-7,10,19H,8-9H2,1H3. The maximum absolute atomic E-state index is 9.07. The summed E-state index contributed by atoms with van der Waals surface area (Å²) in [5.41, 5.74) is 1.41. The van der Waals surface area contributed by atoms with E-state index in [9.17, 15) is 0 Å². The van der Waals surface area contributed by atoms with Gasteiger partial charge in [0.2, 0.25) is 0 Å². The quantitative estimate of drug-likeness (QED) is 0.807. The number of rotatable bonds is 6. The van der Waals surface area contributed by atoms with Crippen LogP contribution in [-0.2, 0) is 0 Å². The summed E-state index contributed by atoms with van der Waals surface area (Å²) in [6.45, 7) is 1.12. The minimum atomic E-state index is 0.507. The number of benzene rings is 2. The third-order valence-electron chi connectivity index (χ3n) is 2.85. The summed E-state index contributed by atoms with van der Waals surface area (Å²) in [5.74, 6) is 1.59. The molecule has 0 aliphatic rings. The summed E-state index contributed by atoms with van der Waals surface area (Å²) in [6.07, 6.45) is 0. The number of hydrogen-bond donors (Lipinski definition) is 1. The summed E-state index contributed by atoms with van der Waals surface area (Å²) in [7, 11) is 1.63. The molecule has 0 fully saturated rings. The third-order valence-corrected chi connectivity index (χ3v) is 3.34. The smallest absolute Gasteiger partial charge is 0.119 e. The van der Waals surface area contributed by atoms with Crippen LogP contribution in [0.4, 0.5) is 5.69 Å². The molecule has 0 unspecified atom stereocenters. The first kappa shape index (κ1) is 15.2. The van der Waals surface area contributed by atoms with Crippen molar-refractivity contribution in [3.63, 3.8) is 0 Å². The maximum atomic E-state index is 9.07. The van der Waals surface area contributed by atoms with Crippen LogP contribution in [0.3, 0.4) is 0 Å². The molecule has 0 aromatic heterocycles. The molecule has 108 valence electrons. The van der Waals surface area contributed by atoms with Crippen LogP contribution in [0.5, 0.6) is 11.5 Å². The first-order valence-electron chi connectivity index (χ1n) is 6.43. The Balaban J connectivity index is 1.83. The SMILES string of the molecule is COc1ccc(OCCNc2ccc(Br)cc2C#N)cc1. The van der Waals surface area contributed by atoms with Gasteiger partial charge in [-0.2, -0.15) is 5.26 Å². The van der Waals surface area contributed by atoms with Crippen LogP contribution in [0.15, 0.2) is 46.9 Å². The fourth-order valence-corrected chi connectivity index (χ4v) is 2.15. The lowest BCUT2D eigenvalue weighted by atomic mass is 10.2. The lowest BCUT2D eigenvalue weighted by Crippen LogP contribution is -2.12. The number of hydrogen-bond acceptors (Lipinski definition) is 4. The second-order valence-corrected chi connectivity index (χ2v) is 5.17. The molecule has 0 heterocycles. The normalized spacial score (nSPS) is 9.76. The van der Waals surface area contributed by atoms with Gasteiger partial charge in [-0.1, -0.05) is 15.9 Å². The van der Waals surface area contributed by atoms with Crippen LogP contribution in [0.2, 0.25) is 0 Å². The van der Waals surface area contributed by atoms with Gasteiger partial charge in [0.25, 0.3) is 0 Å². The number of halogens is 1. The van der Waals surface area contributed by atoms with Crippen LogP contribution in [0, 0.1) is 11.3 Å². The Kier molecular flexibility index (Phi) is 5.47. The number of nitrogens with zero attached hydrogens (tertiary/aromatic N) is 1. The number of nitrogens with one attached hydrogen (secondary N) is 1. The summed E-state index contributed by atoms with van der Waals surface area (Å²) in [4.78, 5) is 0. The Labute approximate surface area is 132 Å². The molecule has 2 aromatic carbocycles. The molecule has 0 atom stereocenters. The van der Waals surface area contributed by atoms with Crippen LogP contribution in [-0.4, -0.2) is 20.3 Å². The first-order valence-corrected chi connectivity index (χ1v) is 7.22. The molecule has 0 saturated heterocycles. The Morgan fingerprint density at radius 3 is 2.52 bits per heavy atom. The Morgan fingerprint density at radius 2 is 1.86 bits per heavy atom. The van der Waals surface area contributed by atoms with Crippen LogP contribution < -0.4 is 14.8 Å². The van der Waals surface area contributed by atoms with Crippen molar-refractivity contribution in [2.75, 3.05) is 25.6 Å². The lowest BCUT2D eigenvalue weighted by molar-refractivity contribution is 0.332. The van der Waals surface area contributed by atoms with Crippen molar-refractivity contribution in [2.24, 2.45) is 0 Å². The van der Waals surface area contributed by atoms with Crippen LogP contribution in [0.1, 0.15) is 5.56 Å². The highest BCUT2D eigenvalue weighted by Crippen LogP contribution is 2.20. The predicted octanol–water partition coefficient (Wildman–Crippen LogP) is 3.82. The van der Waals surface area contributed by atoms with Crippen molar-refractivity contribution in [1.29, 1.82) is 5.26 Å². The fraction of sp³-hybridized carbons (Fsp3) is 0.188. The number of methoxy groups -OCH3 is 1. The lowest BCUT2D eigenvalue weighted by Gasteiger charge is -2.10. The van der Waals surface area contributed by atoms with Crippen molar-refractivity contribution in [3.05, 3.63) is 52.5 Å². The molecule has 0 amide bonds. The van der Waals surface area contributed by atoms with Gasteiger partial charge in [0.1, 0.15) is 24.2 Å². The van der Waals surface area contributed by atoms with Gasteiger partial charge in [0.15, 0.2) is 0 Å². The summed E-state index contributed by atoms with van der Waals surface area (Å²) < 4.78 is 11.6. The fourth-order valence-electron chi connectivity index (χ4n) is 1.79. The first-order chi connectivity index (χ1) is 10.2. The predicted molar refractivity (Wildman–Crippen MR) is 85.8 cm³/mol. The molecular formula is C16H15BrN2O2. The van der Waals surface area contributed by atoms with E-state index in [-0.39, 0.29) is 0 Å². The Bertz CT molecular complexity index is 636. The Morgan fingerprint density at radius 1 is 1.14 bits per heavy atom. The Hall–Kier alpha value is -2.19. The largest absolute Gasteiger partial charge is 0.497 e. The van der Waals surface area contributed by atoms with Gasteiger partial charge in [-0.3, -0.25) is 0 Å². The molecule has 2 rings (SSSR count). The van der Waals surface area contributed by atoms with Gasteiger partial charge in [-0.25, -0.2) is 0 Å². The molecule has 0 aliphatic carbocycles.